The largest absolute Gasteiger partial charge is 0.357 e. The Hall–Kier alpha value is -0.320. The molecule has 4 nitrogen and oxygen atoms in total. The summed E-state index contributed by atoms with van der Waals surface area (Å²) >= 11 is 6.53. The van der Waals surface area contributed by atoms with Crippen molar-refractivity contribution < 1.29 is 5.32 Å². The van der Waals surface area contributed by atoms with Gasteiger partial charge in [0.15, 0.2) is 0 Å². The van der Waals surface area contributed by atoms with Crippen LogP contribution in [0.15, 0.2) is 4.99 Å². The van der Waals surface area contributed by atoms with Crippen LogP contribution in [0.1, 0.15) is 70.6 Å². The number of hydrogen-bond donors (Lipinski definition) is 1. The Morgan fingerprint density at radius 3 is 2.74 bits per heavy atom. The van der Waals surface area contributed by atoms with Crippen LogP contribution >= 0.6 is 11.6 Å². The number of aliphatic imine (C=N–C) groups is 1. The minimum absolute atomic E-state index is 0.380. The van der Waals surface area contributed by atoms with Gasteiger partial charge in [0, 0.05) is 42.8 Å². The van der Waals surface area contributed by atoms with Crippen molar-refractivity contribution in [2.24, 2.45) is 16.8 Å². The maximum atomic E-state index is 6.53. The van der Waals surface area contributed by atoms with Crippen LogP contribution < -0.4 is 5.32 Å². The van der Waals surface area contributed by atoms with Crippen LogP contribution in [0.2, 0.25) is 0 Å². The predicted octanol–water partition coefficient (Wildman–Crippen LogP) is 2.81. The van der Waals surface area contributed by atoms with Gasteiger partial charge in [-0.25, -0.2) is 0 Å². The van der Waals surface area contributed by atoms with E-state index in [4.69, 9.17) is 16.6 Å². The summed E-state index contributed by atoms with van der Waals surface area (Å²) < 4.78 is 0. The van der Waals surface area contributed by atoms with Crippen molar-refractivity contribution in [1.29, 1.82) is 0 Å². The molecule has 5 heteroatoms. The van der Waals surface area contributed by atoms with Crippen LogP contribution in [0.5, 0.6) is 0 Å². The van der Waals surface area contributed by atoms with E-state index < -0.39 is 0 Å². The molecule has 5 rings (SSSR count). The van der Waals surface area contributed by atoms with Crippen molar-refractivity contribution >= 4 is 17.4 Å². The van der Waals surface area contributed by atoms with E-state index in [2.05, 4.69) is 22.2 Å². The number of nitrogens with two attached hydrogens (primary N) is 1. The second-order valence-electron chi connectivity index (χ2n) is 9.98. The maximum absolute atomic E-state index is 6.53. The van der Waals surface area contributed by atoms with Gasteiger partial charge < -0.3 is 10.2 Å². The van der Waals surface area contributed by atoms with E-state index in [9.17, 15) is 0 Å². The van der Waals surface area contributed by atoms with Crippen LogP contribution in [0.3, 0.4) is 0 Å². The molecule has 2 aliphatic carbocycles. The number of piperidine rings is 1. The summed E-state index contributed by atoms with van der Waals surface area (Å²) in [7, 11) is 2.33. The number of amidine groups is 1. The van der Waals surface area contributed by atoms with Crippen molar-refractivity contribution in [3.8, 4) is 0 Å². The van der Waals surface area contributed by atoms with E-state index in [1.807, 2.05) is 0 Å². The second-order valence-corrected chi connectivity index (χ2v) is 10.6. The highest BCUT2D eigenvalue weighted by molar-refractivity contribution is 6.20. The summed E-state index contributed by atoms with van der Waals surface area (Å²) in [6.45, 7) is 2.47. The third kappa shape index (κ3) is 3.55. The van der Waals surface area contributed by atoms with Gasteiger partial charge in [-0.1, -0.05) is 6.42 Å². The highest BCUT2D eigenvalue weighted by atomic mass is 35.5. The molecule has 5 aliphatic rings. The van der Waals surface area contributed by atoms with Gasteiger partial charge in [0.25, 0.3) is 0 Å². The van der Waals surface area contributed by atoms with Gasteiger partial charge in [0.2, 0.25) is 0 Å². The van der Waals surface area contributed by atoms with Crippen molar-refractivity contribution in [3.05, 3.63) is 0 Å². The molecule has 0 aromatic heterocycles. The first kappa shape index (κ1) is 18.7. The third-order valence-corrected chi connectivity index (χ3v) is 8.81. The van der Waals surface area contributed by atoms with Gasteiger partial charge in [-0.15, -0.1) is 11.6 Å². The molecule has 5 fully saturated rings. The Labute approximate surface area is 170 Å². The van der Waals surface area contributed by atoms with Crippen molar-refractivity contribution in [3.63, 3.8) is 0 Å². The second kappa shape index (κ2) is 7.84. The highest BCUT2D eigenvalue weighted by Gasteiger charge is 2.52. The molecular formula is C22H38ClN4+. The van der Waals surface area contributed by atoms with E-state index >= 15 is 0 Å². The first-order valence-electron chi connectivity index (χ1n) is 11.7. The number of alkyl halides is 1. The lowest BCUT2D eigenvalue weighted by Crippen LogP contribution is -3.02. The summed E-state index contributed by atoms with van der Waals surface area (Å²) in [4.78, 5) is 10.9. The Morgan fingerprint density at radius 2 is 1.85 bits per heavy atom. The lowest BCUT2D eigenvalue weighted by molar-refractivity contribution is -0.759. The molecule has 7 atom stereocenters. The number of nitrogens with zero attached hydrogens (tertiary/aromatic N) is 3. The van der Waals surface area contributed by atoms with Gasteiger partial charge in [0.1, 0.15) is 6.17 Å². The van der Waals surface area contributed by atoms with Crippen LogP contribution in [-0.2, 0) is 0 Å². The topological polar surface area (TPSA) is 35.5 Å². The molecule has 3 heterocycles. The molecule has 0 spiro atoms. The smallest absolute Gasteiger partial charge is 0.147 e. The number of halogens is 1. The van der Waals surface area contributed by atoms with Gasteiger partial charge in [-0.3, -0.25) is 9.89 Å². The fourth-order valence-electron chi connectivity index (χ4n) is 7.05. The lowest BCUT2D eigenvalue weighted by atomic mass is 9.71. The van der Waals surface area contributed by atoms with Crippen LogP contribution in [0.4, 0.5) is 0 Å². The molecule has 0 aromatic rings. The van der Waals surface area contributed by atoms with E-state index in [-0.39, 0.29) is 0 Å². The SMILES string of the molecule is CN1CCC2C(N=C3CCCN3C3CCCC(Cl)C3)C3CCCCC3[NH2+]C21. The van der Waals surface area contributed by atoms with E-state index in [0.717, 1.165) is 17.9 Å². The number of rotatable bonds is 2. The molecule has 27 heavy (non-hydrogen) atoms. The molecule has 3 aliphatic heterocycles. The fraction of sp³-hybridized carbons (Fsp3) is 0.955. The van der Waals surface area contributed by atoms with Crippen molar-refractivity contribution in [2.75, 3.05) is 20.1 Å². The van der Waals surface area contributed by atoms with Crippen molar-refractivity contribution in [1.82, 2.24) is 9.80 Å². The molecule has 152 valence electrons. The van der Waals surface area contributed by atoms with Gasteiger partial charge in [0.05, 0.1) is 17.9 Å². The minimum atomic E-state index is 0.380. The molecular weight excluding hydrogens is 356 g/mol. The number of quaternary nitrogens is 1. The molecule has 2 N–H and O–H groups in total. The highest BCUT2D eigenvalue weighted by Crippen LogP contribution is 2.39. The van der Waals surface area contributed by atoms with Gasteiger partial charge in [-0.2, -0.15) is 0 Å². The maximum Gasteiger partial charge on any atom is 0.147 e. The van der Waals surface area contributed by atoms with E-state index in [0.29, 0.717) is 23.6 Å². The zero-order valence-electron chi connectivity index (χ0n) is 17.0. The Balaban J connectivity index is 1.40. The summed E-state index contributed by atoms with van der Waals surface area (Å²) in [6.07, 6.45) is 15.2. The summed E-state index contributed by atoms with van der Waals surface area (Å²) in [6, 6.07) is 2.04. The number of hydrogen-bond acceptors (Lipinski definition) is 2. The molecule has 2 saturated carbocycles. The summed E-state index contributed by atoms with van der Waals surface area (Å²) in [5.74, 6) is 3.03. The molecule has 0 bridgehead atoms. The zero-order valence-corrected chi connectivity index (χ0v) is 17.8. The Bertz CT molecular complexity index is 563. The van der Waals surface area contributed by atoms with Crippen LogP contribution in [0.25, 0.3) is 0 Å². The molecule has 0 aromatic carbocycles. The lowest BCUT2D eigenvalue weighted by Gasteiger charge is -2.45. The normalized spacial score (nSPS) is 47.3. The third-order valence-electron chi connectivity index (χ3n) is 8.41. The number of likely N-dealkylation sites (tertiary alicyclic amines) is 2. The molecule has 7 unspecified atom stereocenters. The number of fused-ring (bicyclic) bond motifs is 2. The Kier molecular flexibility index (Phi) is 5.42. The standard InChI is InChI=1S/C22H37ClN4/c1-26-13-11-18-21(17-8-2-3-9-19(17)24-22(18)26)25-20-10-5-12-27(20)16-7-4-6-15(23)14-16/h15-19,21-22,24H,2-14H2,1H3/p+1. The van der Waals surface area contributed by atoms with Crippen LogP contribution in [-0.4, -0.2) is 65.4 Å². The van der Waals surface area contributed by atoms with E-state index in [1.165, 1.54) is 89.6 Å². The first-order valence-corrected chi connectivity index (χ1v) is 12.2. The van der Waals surface area contributed by atoms with Crippen LogP contribution in [0, 0.1) is 11.8 Å². The quantitative estimate of drug-likeness (QED) is 0.732. The Morgan fingerprint density at radius 1 is 0.963 bits per heavy atom. The first-order chi connectivity index (χ1) is 13.2. The average molecular weight is 394 g/mol. The average Bonchev–Trinajstić information content (AvgIpc) is 3.29. The predicted molar refractivity (Wildman–Crippen MR) is 111 cm³/mol. The monoisotopic (exact) mass is 393 g/mol. The zero-order chi connectivity index (χ0) is 18.4. The summed E-state index contributed by atoms with van der Waals surface area (Å²) in [5, 5.41) is 3.12. The summed E-state index contributed by atoms with van der Waals surface area (Å²) in [5.41, 5.74) is 0. The van der Waals surface area contributed by atoms with Gasteiger partial charge in [-0.05, 0) is 64.8 Å². The van der Waals surface area contributed by atoms with Crippen molar-refractivity contribution in [2.45, 2.75) is 100 Å². The van der Waals surface area contributed by atoms with Gasteiger partial charge >= 0.3 is 0 Å². The molecule has 0 radical (unpaired) electrons. The minimum Gasteiger partial charge on any atom is -0.357 e. The molecule has 0 amide bonds. The fourth-order valence-corrected chi connectivity index (χ4v) is 7.41. The van der Waals surface area contributed by atoms with E-state index in [1.54, 1.807) is 0 Å². The molecule has 3 saturated heterocycles.